The lowest BCUT2D eigenvalue weighted by molar-refractivity contribution is 0.254. The van der Waals surface area contributed by atoms with E-state index in [-0.39, 0.29) is 6.03 Å². The molecule has 3 N–H and O–H groups in total. The first-order valence-corrected chi connectivity index (χ1v) is 10.2. The molecule has 2 aromatic heterocycles. The van der Waals surface area contributed by atoms with Crippen LogP contribution in [0.15, 0.2) is 48.8 Å². The molecule has 1 saturated heterocycles. The van der Waals surface area contributed by atoms with E-state index in [2.05, 4.69) is 38.8 Å². The van der Waals surface area contributed by atoms with Gasteiger partial charge < -0.3 is 20.5 Å². The third kappa shape index (κ3) is 4.19. The monoisotopic (exact) mass is 392 g/mol. The number of carbonyl (C=O) groups excluding carboxylic acids is 1. The van der Waals surface area contributed by atoms with Crippen LogP contribution in [-0.4, -0.2) is 60.2 Å². The van der Waals surface area contributed by atoms with Gasteiger partial charge in [0.15, 0.2) is 0 Å². The number of aromatic amines is 1. The summed E-state index contributed by atoms with van der Waals surface area (Å²) >= 11 is 0. The summed E-state index contributed by atoms with van der Waals surface area (Å²) in [5, 5.41) is 1.24. The van der Waals surface area contributed by atoms with E-state index in [9.17, 15) is 4.79 Å². The molecule has 0 bridgehead atoms. The van der Waals surface area contributed by atoms with E-state index in [0.717, 1.165) is 56.2 Å². The van der Waals surface area contributed by atoms with Gasteiger partial charge in [0.25, 0.3) is 0 Å². The van der Waals surface area contributed by atoms with Gasteiger partial charge in [-0.2, -0.15) is 0 Å². The number of piperazine rings is 1. The normalized spacial score (nSPS) is 16.4. The van der Waals surface area contributed by atoms with E-state index in [1.165, 1.54) is 10.9 Å². The maximum atomic E-state index is 10.9. The number of para-hydroxylation sites is 1. The number of anilines is 2. The third-order valence-electron chi connectivity index (χ3n) is 5.72. The highest BCUT2D eigenvalue weighted by atomic mass is 16.2. The molecule has 0 atom stereocenters. The number of nitrogens with one attached hydrogen (secondary N) is 1. The highest BCUT2D eigenvalue weighted by molar-refractivity contribution is 5.92. The van der Waals surface area contributed by atoms with Crippen LogP contribution in [0.1, 0.15) is 12.5 Å². The molecule has 0 unspecified atom stereocenters. The SMILES string of the molecule is CCN1CCN(c2cc3cc[nH]c3cn2)CC1.NC(=O)N1CCc2ccccc21. The quantitative estimate of drug-likeness (QED) is 0.703. The molecule has 0 spiro atoms. The predicted molar refractivity (Wildman–Crippen MR) is 117 cm³/mol. The van der Waals surface area contributed by atoms with Crippen molar-refractivity contribution in [2.75, 3.05) is 49.1 Å². The Morgan fingerprint density at radius 3 is 2.69 bits per heavy atom. The number of nitrogens with zero attached hydrogens (tertiary/aromatic N) is 4. The highest BCUT2D eigenvalue weighted by Gasteiger charge is 2.21. The summed E-state index contributed by atoms with van der Waals surface area (Å²) in [4.78, 5) is 25.1. The minimum Gasteiger partial charge on any atom is -0.360 e. The standard InChI is InChI=1S/C13H18N4.C9H10N2O/c1-2-16-5-7-17(8-6-16)13-9-11-3-4-14-12(11)10-15-13;10-9(12)11-6-5-7-3-1-2-4-8(7)11/h3-4,9-10,14H,2,5-8H2,1H3;1-4H,5-6H2,(H2,10,12). The molecule has 5 rings (SSSR count). The zero-order valence-corrected chi connectivity index (χ0v) is 16.8. The first kappa shape index (κ1) is 19.3. The van der Waals surface area contributed by atoms with Crippen LogP contribution >= 0.6 is 0 Å². The molecule has 0 saturated carbocycles. The Labute approximate surface area is 171 Å². The van der Waals surface area contributed by atoms with Crippen LogP contribution in [-0.2, 0) is 6.42 Å². The summed E-state index contributed by atoms with van der Waals surface area (Å²) in [7, 11) is 0. The number of hydrogen-bond donors (Lipinski definition) is 2. The van der Waals surface area contributed by atoms with Crippen LogP contribution in [0.2, 0.25) is 0 Å². The fraction of sp³-hybridized carbons (Fsp3) is 0.364. The molecular weight excluding hydrogens is 364 g/mol. The van der Waals surface area contributed by atoms with Crippen molar-refractivity contribution < 1.29 is 4.79 Å². The number of urea groups is 1. The van der Waals surface area contributed by atoms with Gasteiger partial charge in [0.2, 0.25) is 0 Å². The van der Waals surface area contributed by atoms with Crippen molar-refractivity contribution in [2.24, 2.45) is 5.73 Å². The highest BCUT2D eigenvalue weighted by Crippen LogP contribution is 2.26. The van der Waals surface area contributed by atoms with Crippen LogP contribution in [0.4, 0.5) is 16.3 Å². The smallest absolute Gasteiger partial charge is 0.319 e. The van der Waals surface area contributed by atoms with Crippen LogP contribution in [0, 0.1) is 0 Å². The fourth-order valence-electron chi connectivity index (χ4n) is 3.97. The lowest BCUT2D eigenvalue weighted by Crippen LogP contribution is -2.46. The number of nitrogens with two attached hydrogens (primary N) is 1. The lowest BCUT2D eigenvalue weighted by atomic mass is 10.2. The van der Waals surface area contributed by atoms with E-state index in [4.69, 9.17) is 5.73 Å². The van der Waals surface area contributed by atoms with Gasteiger partial charge in [-0.3, -0.25) is 4.90 Å². The molecule has 1 fully saturated rings. The Kier molecular flexibility index (Phi) is 5.67. The second-order valence-electron chi connectivity index (χ2n) is 7.40. The molecule has 7 heteroatoms. The lowest BCUT2D eigenvalue weighted by Gasteiger charge is -2.34. The molecule has 2 aliphatic heterocycles. The van der Waals surface area contributed by atoms with E-state index < -0.39 is 0 Å². The molecule has 1 aromatic carbocycles. The number of fused-ring (bicyclic) bond motifs is 2. The number of benzene rings is 1. The van der Waals surface area contributed by atoms with E-state index in [1.54, 1.807) is 4.90 Å². The second-order valence-corrected chi connectivity index (χ2v) is 7.40. The van der Waals surface area contributed by atoms with Crippen LogP contribution < -0.4 is 15.5 Å². The van der Waals surface area contributed by atoms with Crippen LogP contribution in [0.3, 0.4) is 0 Å². The van der Waals surface area contributed by atoms with Gasteiger partial charge in [-0.1, -0.05) is 25.1 Å². The van der Waals surface area contributed by atoms with Crippen molar-refractivity contribution in [3.05, 3.63) is 54.4 Å². The summed E-state index contributed by atoms with van der Waals surface area (Å²) in [5.41, 5.74) is 8.48. The molecule has 2 aliphatic rings. The maximum absolute atomic E-state index is 10.9. The Balaban J connectivity index is 0.000000150. The number of amides is 2. The average Bonchev–Trinajstić information content (AvgIpc) is 3.40. The number of carbonyl (C=O) groups is 1. The van der Waals surface area contributed by atoms with Gasteiger partial charge in [-0.25, -0.2) is 9.78 Å². The molecule has 4 heterocycles. The van der Waals surface area contributed by atoms with Gasteiger partial charge in [0.1, 0.15) is 5.82 Å². The van der Waals surface area contributed by atoms with Crippen molar-refractivity contribution >= 4 is 28.4 Å². The summed E-state index contributed by atoms with van der Waals surface area (Å²) in [6, 6.07) is 11.8. The number of primary amides is 1. The molecule has 0 aliphatic carbocycles. The third-order valence-corrected chi connectivity index (χ3v) is 5.72. The zero-order chi connectivity index (χ0) is 20.2. The van der Waals surface area contributed by atoms with Crippen molar-refractivity contribution in [3.8, 4) is 0 Å². The Morgan fingerprint density at radius 2 is 1.93 bits per heavy atom. The minimum absolute atomic E-state index is 0.361. The van der Waals surface area contributed by atoms with Crippen LogP contribution in [0.5, 0.6) is 0 Å². The molecule has 7 nitrogen and oxygen atoms in total. The molecule has 3 aromatic rings. The largest absolute Gasteiger partial charge is 0.360 e. The van der Waals surface area contributed by atoms with Gasteiger partial charge >= 0.3 is 6.03 Å². The van der Waals surface area contributed by atoms with E-state index >= 15 is 0 Å². The van der Waals surface area contributed by atoms with Crippen molar-refractivity contribution in [1.29, 1.82) is 0 Å². The Morgan fingerprint density at radius 1 is 1.14 bits per heavy atom. The average molecular weight is 393 g/mol. The number of aromatic nitrogens is 2. The molecule has 29 heavy (non-hydrogen) atoms. The van der Waals surface area contributed by atoms with E-state index in [0.29, 0.717) is 6.54 Å². The number of H-pyrrole nitrogens is 1. The van der Waals surface area contributed by atoms with Crippen molar-refractivity contribution in [2.45, 2.75) is 13.3 Å². The van der Waals surface area contributed by atoms with Gasteiger partial charge in [-0.05, 0) is 36.7 Å². The topological polar surface area (TPSA) is 81.5 Å². The van der Waals surface area contributed by atoms with Crippen LogP contribution in [0.25, 0.3) is 10.9 Å². The predicted octanol–water partition coefficient (Wildman–Crippen LogP) is 2.83. The summed E-state index contributed by atoms with van der Waals surface area (Å²) in [6.07, 6.45) is 4.81. The minimum atomic E-state index is -0.361. The Bertz CT molecular complexity index is 976. The zero-order valence-electron chi connectivity index (χ0n) is 16.8. The summed E-state index contributed by atoms with van der Waals surface area (Å²) < 4.78 is 0. The maximum Gasteiger partial charge on any atom is 0.319 e. The van der Waals surface area contributed by atoms with E-state index in [1.807, 2.05) is 36.7 Å². The fourth-order valence-corrected chi connectivity index (χ4v) is 3.97. The number of pyridine rings is 1. The number of hydrogen-bond acceptors (Lipinski definition) is 4. The first-order valence-electron chi connectivity index (χ1n) is 10.2. The summed E-state index contributed by atoms with van der Waals surface area (Å²) in [5.74, 6) is 1.10. The second kappa shape index (κ2) is 8.53. The van der Waals surface area contributed by atoms with Gasteiger partial charge in [0, 0.05) is 50.0 Å². The molecule has 2 amide bonds. The summed E-state index contributed by atoms with van der Waals surface area (Å²) in [6.45, 7) is 8.53. The number of likely N-dealkylation sites (N-methyl/N-ethyl adjacent to an activating group) is 1. The molecular formula is C22H28N6O. The van der Waals surface area contributed by atoms with Gasteiger partial charge in [-0.15, -0.1) is 0 Å². The first-order chi connectivity index (χ1) is 14.2. The molecule has 0 radical (unpaired) electrons. The molecule has 152 valence electrons. The number of rotatable bonds is 2. The van der Waals surface area contributed by atoms with Gasteiger partial charge in [0.05, 0.1) is 11.7 Å². The van der Waals surface area contributed by atoms with Crippen molar-refractivity contribution in [1.82, 2.24) is 14.9 Å². The van der Waals surface area contributed by atoms with Crippen molar-refractivity contribution in [3.63, 3.8) is 0 Å². The Hall–Kier alpha value is -3.06.